The van der Waals surface area contributed by atoms with Crippen molar-refractivity contribution in [2.24, 2.45) is 5.73 Å². The molecule has 0 radical (unpaired) electrons. The van der Waals surface area contributed by atoms with Crippen LogP contribution in [0.4, 0.5) is 0 Å². The van der Waals surface area contributed by atoms with Gasteiger partial charge in [0.1, 0.15) is 5.75 Å². The summed E-state index contributed by atoms with van der Waals surface area (Å²) in [6, 6.07) is 7.90. The third-order valence-electron chi connectivity index (χ3n) is 2.66. The number of methoxy groups -OCH3 is 1. The highest BCUT2D eigenvalue weighted by molar-refractivity contribution is 5.74. The van der Waals surface area contributed by atoms with E-state index in [2.05, 4.69) is 4.74 Å². The van der Waals surface area contributed by atoms with Crippen LogP contribution in [0.1, 0.15) is 25.8 Å². The van der Waals surface area contributed by atoms with Crippen molar-refractivity contribution in [3.8, 4) is 5.75 Å². The Kier molecular flexibility index (Phi) is 5.65. The van der Waals surface area contributed by atoms with Crippen molar-refractivity contribution in [3.05, 3.63) is 29.8 Å². The molecule has 0 amide bonds. The quantitative estimate of drug-likeness (QED) is 0.784. The fraction of sp³-hybridized carbons (Fsp3) is 0.500. The Morgan fingerprint density at radius 1 is 1.28 bits per heavy atom. The molecule has 0 heterocycles. The monoisotopic (exact) mass is 251 g/mol. The fourth-order valence-corrected chi connectivity index (χ4v) is 1.55. The van der Waals surface area contributed by atoms with E-state index in [1.165, 1.54) is 12.7 Å². The number of hydrogen-bond acceptors (Lipinski definition) is 4. The largest absolute Gasteiger partial charge is 0.479 e. The van der Waals surface area contributed by atoms with Gasteiger partial charge in [-0.25, -0.2) is 4.79 Å². The van der Waals surface area contributed by atoms with E-state index in [0.29, 0.717) is 5.75 Å². The summed E-state index contributed by atoms with van der Waals surface area (Å²) >= 11 is 0. The van der Waals surface area contributed by atoms with E-state index in [1.54, 1.807) is 6.92 Å². The molecule has 100 valence electrons. The molecule has 1 aromatic rings. The molecule has 0 saturated carbocycles. The minimum absolute atomic E-state index is 0.209. The number of carbonyl (C=O) groups excluding carboxylic acids is 1. The first-order valence-electron chi connectivity index (χ1n) is 6.12. The van der Waals surface area contributed by atoms with E-state index in [1.807, 2.05) is 31.2 Å². The van der Waals surface area contributed by atoms with Gasteiger partial charge in [0.25, 0.3) is 0 Å². The topological polar surface area (TPSA) is 61.5 Å². The number of benzene rings is 1. The van der Waals surface area contributed by atoms with Crippen molar-refractivity contribution < 1.29 is 14.3 Å². The third-order valence-corrected chi connectivity index (χ3v) is 2.66. The Labute approximate surface area is 108 Å². The minimum Gasteiger partial charge on any atom is -0.479 e. The summed E-state index contributed by atoms with van der Waals surface area (Å²) in [5.41, 5.74) is 6.92. The molecule has 2 N–H and O–H groups in total. The van der Waals surface area contributed by atoms with Crippen molar-refractivity contribution in [1.82, 2.24) is 0 Å². The van der Waals surface area contributed by atoms with E-state index in [-0.39, 0.29) is 12.0 Å². The summed E-state index contributed by atoms with van der Waals surface area (Å²) in [4.78, 5) is 11.2. The number of ether oxygens (including phenoxy) is 2. The maximum Gasteiger partial charge on any atom is 0.346 e. The Balaban J connectivity index is 2.52. The maximum absolute atomic E-state index is 11.2. The van der Waals surface area contributed by atoms with Crippen molar-refractivity contribution in [2.45, 2.75) is 38.8 Å². The van der Waals surface area contributed by atoms with Crippen LogP contribution in [0.3, 0.4) is 0 Å². The lowest BCUT2D eigenvalue weighted by Crippen LogP contribution is -2.24. The molecule has 4 nitrogen and oxygen atoms in total. The van der Waals surface area contributed by atoms with E-state index >= 15 is 0 Å². The summed E-state index contributed by atoms with van der Waals surface area (Å²) in [6.45, 7) is 3.66. The van der Waals surface area contributed by atoms with E-state index in [4.69, 9.17) is 10.5 Å². The third kappa shape index (κ3) is 4.75. The van der Waals surface area contributed by atoms with Gasteiger partial charge in [-0.2, -0.15) is 0 Å². The molecule has 0 saturated heterocycles. The van der Waals surface area contributed by atoms with Gasteiger partial charge in [-0.3, -0.25) is 0 Å². The number of hydrogen-bond donors (Lipinski definition) is 1. The summed E-state index contributed by atoms with van der Waals surface area (Å²) in [6.07, 6.45) is 1.31. The minimum atomic E-state index is -0.593. The second kappa shape index (κ2) is 7.01. The smallest absolute Gasteiger partial charge is 0.346 e. The molecule has 1 rings (SSSR count). The zero-order chi connectivity index (χ0) is 13.5. The zero-order valence-corrected chi connectivity index (χ0v) is 11.2. The van der Waals surface area contributed by atoms with Crippen molar-refractivity contribution in [3.63, 3.8) is 0 Å². The lowest BCUT2D eigenvalue weighted by Gasteiger charge is -2.12. The van der Waals surface area contributed by atoms with Crippen LogP contribution in [-0.4, -0.2) is 25.2 Å². The Bertz CT molecular complexity index is 373. The lowest BCUT2D eigenvalue weighted by atomic mass is 10.1. The van der Waals surface area contributed by atoms with Crippen molar-refractivity contribution in [2.75, 3.05) is 7.11 Å². The molecular formula is C14H21NO3. The van der Waals surface area contributed by atoms with Crippen LogP contribution >= 0.6 is 0 Å². The number of aryl methyl sites for hydroxylation is 1. The highest BCUT2D eigenvalue weighted by Crippen LogP contribution is 2.15. The fourth-order valence-electron chi connectivity index (χ4n) is 1.55. The summed E-state index contributed by atoms with van der Waals surface area (Å²) < 4.78 is 10.0. The van der Waals surface area contributed by atoms with Gasteiger partial charge in [-0.15, -0.1) is 0 Å². The Morgan fingerprint density at radius 3 is 2.39 bits per heavy atom. The number of esters is 1. The predicted octanol–water partition coefficient (Wildman–Crippen LogP) is 1.91. The predicted molar refractivity (Wildman–Crippen MR) is 70.5 cm³/mol. The van der Waals surface area contributed by atoms with Crippen LogP contribution in [0.25, 0.3) is 0 Å². The second-order valence-electron chi connectivity index (χ2n) is 4.44. The number of carbonyl (C=O) groups is 1. The van der Waals surface area contributed by atoms with Gasteiger partial charge in [0, 0.05) is 6.04 Å². The first-order chi connectivity index (χ1) is 8.52. The normalized spacial score (nSPS) is 13.8. The number of rotatable bonds is 6. The summed E-state index contributed by atoms with van der Waals surface area (Å²) in [5, 5.41) is 0. The zero-order valence-electron chi connectivity index (χ0n) is 11.2. The van der Waals surface area contributed by atoms with Gasteiger partial charge >= 0.3 is 5.97 Å². The maximum atomic E-state index is 11.2. The highest BCUT2D eigenvalue weighted by atomic mass is 16.6. The molecule has 2 unspecified atom stereocenters. The number of nitrogens with two attached hydrogens (primary N) is 1. The van der Waals surface area contributed by atoms with Gasteiger partial charge in [0.05, 0.1) is 7.11 Å². The van der Waals surface area contributed by atoms with Gasteiger partial charge in [-0.05, 0) is 44.4 Å². The van der Waals surface area contributed by atoms with E-state index in [9.17, 15) is 4.79 Å². The van der Waals surface area contributed by atoms with Gasteiger partial charge in [-0.1, -0.05) is 12.1 Å². The molecule has 4 heteroatoms. The SMILES string of the molecule is COC(=O)C(C)Oc1ccc(CCC(C)N)cc1. The van der Waals surface area contributed by atoms with Gasteiger partial charge in [0.2, 0.25) is 0 Å². The van der Waals surface area contributed by atoms with Crippen LogP contribution in [0.2, 0.25) is 0 Å². The van der Waals surface area contributed by atoms with Gasteiger partial charge < -0.3 is 15.2 Å². The molecular weight excluding hydrogens is 230 g/mol. The van der Waals surface area contributed by atoms with E-state index < -0.39 is 6.10 Å². The lowest BCUT2D eigenvalue weighted by molar-refractivity contribution is -0.147. The molecule has 18 heavy (non-hydrogen) atoms. The first-order valence-corrected chi connectivity index (χ1v) is 6.12. The summed E-state index contributed by atoms with van der Waals surface area (Å²) in [5.74, 6) is 0.286. The highest BCUT2D eigenvalue weighted by Gasteiger charge is 2.14. The second-order valence-corrected chi connectivity index (χ2v) is 4.44. The molecule has 0 bridgehead atoms. The average molecular weight is 251 g/mol. The van der Waals surface area contributed by atoms with Crippen LogP contribution in [-0.2, 0) is 16.0 Å². The molecule has 0 aliphatic carbocycles. The molecule has 0 aliphatic rings. The summed E-state index contributed by atoms with van der Waals surface area (Å²) in [7, 11) is 1.35. The average Bonchev–Trinajstić information content (AvgIpc) is 2.36. The van der Waals surface area contributed by atoms with E-state index in [0.717, 1.165) is 12.8 Å². The van der Waals surface area contributed by atoms with Gasteiger partial charge in [0.15, 0.2) is 6.10 Å². The standard InChI is InChI=1S/C14H21NO3/c1-10(15)4-5-12-6-8-13(9-7-12)18-11(2)14(16)17-3/h6-11H,4-5,15H2,1-3H3. The molecule has 0 fully saturated rings. The van der Waals surface area contributed by atoms with Crippen LogP contribution < -0.4 is 10.5 Å². The first kappa shape index (κ1) is 14.5. The molecule has 2 atom stereocenters. The molecule has 0 aliphatic heterocycles. The van der Waals surface area contributed by atoms with Crippen LogP contribution in [0.15, 0.2) is 24.3 Å². The Hall–Kier alpha value is -1.55. The molecule has 0 aromatic heterocycles. The van der Waals surface area contributed by atoms with Crippen LogP contribution in [0.5, 0.6) is 5.75 Å². The van der Waals surface area contributed by atoms with Crippen molar-refractivity contribution >= 4 is 5.97 Å². The molecule has 1 aromatic carbocycles. The van der Waals surface area contributed by atoms with Crippen molar-refractivity contribution in [1.29, 1.82) is 0 Å². The molecule has 0 spiro atoms. The Morgan fingerprint density at radius 2 is 1.89 bits per heavy atom. The van der Waals surface area contributed by atoms with Crippen LogP contribution in [0, 0.1) is 0 Å².